The van der Waals surface area contributed by atoms with E-state index in [-0.39, 0.29) is 0 Å². The van der Waals surface area contributed by atoms with Crippen LogP contribution in [-0.4, -0.2) is 24.5 Å². The van der Waals surface area contributed by atoms with Crippen molar-refractivity contribution in [2.24, 2.45) is 11.8 Å². The second kappa shape index (κ2) is 8.73. The average Bonchev–Trinajstić information content (AvgIpc) is 2.21. The molecular weight excluding hydrogens is 184 g/mol. The number of hydrogen-bond acceptors (Lipinski definition) is 2. The molecule has 0 saturated carbocycles. The summed E-state index contributed by atoms with van der Waals surface area (Å²) in [6.07, 6.45) is 3.15. The van der Waals surface area contributed by atoms with Crippen LogP contribution in [0.5, 0.6) is 0 Å². The number of nitrogens with zero attached hydrogens (tertiary/aromatic N) is 2. The molecule has 0 aromatic carbocycles. The predicted molar refractivity (Wildman–Crippen MR) is 65.6 cm³/mol. The molecule has 0 aromatic heterocycles. The van der Waals surface area contributed by atoms with Gasteiger partial charge in [-0.25, -0.2) is 0 Å². The highest BCUT2D eigenvalue weighted by molar-refractivity contribution is 4.74. The standard InChI is InChI=1S/C13H26N2/c1-5-13(6-2)11-15(9-7-8-14)10-12(3)4/h12-13H,5-7,9-11H2,1-4H3. The van der Waals surface area contributed by atoms with Gasteiger partial charge < -0.3 is 4.90 Å². The van der Waals surface area contributed by atoms with Crippen LogP contribution < -0.4 is 0 Å². The van der Waals surface area contributed by atoms with Gasteiger partial charge in [0, 0.05) is 26.1 Å². The molecule has 0 spiro atoms. The Bertz CT molecular complexity index is 177. The lowest BCUT2D eigenvalue weighted by Crippen LogP contribution is -2.33. The Balaban J connectivity index is 4.04. The van der Waals surface area contributed by atoms with Crippen LogP contribution >= 0.6 is 0 Å². The van der Waals surface area contributed by atoms with Gasteiger partial charge in [0.05, 0.1) is 6.07 Å². The van der Waals surface area contributed by atoms with Crippen molar-refractivity contribution in [3.8, 4) is 6.07 Å². The lowest BCUT2D eigenvalue weighted by atomic mass is 10.0. The van der Waals surface area contributed by atoms with Gasteiger partial charge in [0.1, 0.15) is 0 Å². The molecule has 0 aromatic rings. The van der Waals surface area contributed by atoms with Crippen molar-refractivity contribution in [2.75, 3.05) is 19.6 Å². The first-order valence-corrected chi connectivity index (χ1v) is 6.23. The third kappa shape index (κ3) is 7.39. The van der Waals surface area contributed by atoms with E-state index in [1.54, 1.807) is 0 Å². The minimum Gasteiger partial charge on any atom is -0.302 e. The van der Waals surface area contributed by atoms with Gasteiger partial charge in [-0.1, -0.05) is 40.5 Å². The van der Waals surface area contributed by atoms with E-state index in [2.05, 4.69) is 38.7 Å². The SMILES string of the molecule is CCC(CC)CN(CCC#N)CC(C)C. The van der Waals surface area contributed by atoms with E-state index < -0.39 is 0 Å². The topological polar surface area (TPSA) is 27.0 Å². The van der Waals surface area contributed by atoms with Crippen molar-refractivity contribution in [3.05, 3.63) is 0 Å². The number of rotatable bonds is 8. The first kappa shape index (κ1) is 14.5. The van der Waals surface area contributed by atoms with E-state index in [0.29, 0.717) is 12.3 Å². The molecule has 88 valence electrons. The monoisotopic (exact) mass is 210 g/mol. The minimum atomic E-state index is 0.660. The minimum absolute atomic E-state index is 0.660. The van der Waals surface area contributed by atoms with Crippen molar-refractivity contribution in [1.82, 2.24) is 4.90 Å². The van der Waals surface area contributed by atoms with Gasteiger partial charge in [-0.3, -0.25) is 0 Å². The maximum atomic E-state index is 8.62. The summed E-state index contributed by atoms with van der Waals surface area (Å²) in [4.78, 5) is 2.45. The van der Waals surface area contributed by atoms with Gasteiger partial charge >= 0.3 is 0 Å². The van der Waals surface area contributed by atoms with Gasteiger partial charge in [-0.2, -0.15) is 5.26 Å². The highest BCUT2D eigenvalue weighted by atomic mass is 15.1. The molecule has 0 aliphatic rings. The summed E-state index contributed by atoms with van der Waals surface area (Å²) in [5, 5.41) is 8.62. The molecule has 2 heteroatoms. The van der Waals surface area contributed by atoms with E-state index in [4.69, 9.17) is 5.26 Å². The summed E-state index contributed by atoms with van der Waals surface area (Å²) in [5.41, 5.74) is 0. The molecule has 15 heavy (non-hydrogen) atoms. The Kier molecular flexibility index (Phi) is 8.41. The first-order chi connectivity index (χ1) is 7.13. The van der Waals surface area contributed by atoms with Crippen LogP contribution in [0.2, 0.25) is 0 Å². The molecule has 0 heterocycles. The normalized spacial score (nSPS) is 11.3. The first-order valence-electron chi connectivity index (χ1n) is 6.23. The third-order valence-corrected chi connectivity index (χ3v) is 2.83. The van der Waals surface area contributed by atoms with E-state index in [1.807, 2.05) is 0 Å². The Morgan fingerprint density at radius 3 is 2.13 bits per heavy atom. The second-order valence-corrected chi connectivity index (χ2v) is 4.74. The molecule has 0 aliphatic heterocycles. The van der Waals surface area contributed by atoms with Gasteiger partial charge in [0.2, 0.25) is 0 Å². The third-order valence-electron chi connectivity index (χ3n) is 2.83. The summed E-state index contributed by atoms with van der Waals surface area (Å²) in [7, 11) is 0. The summed E-state index contributed by atoms with van der Waals surface area (Å²) in [6, 6.07) is 2.24. The maximum Gasteiger partial charge on any atom is 0.0635 e. The number of hydrogen-bond donors (Lipinski definition) is 0. The maximum absolute atomic E-state index is 8.62. The van der Waals surface area contributed by atoms with Gasteiger partial charge in [-0.15, -0.1) is 0 Å². The van der Waals surface area contributed by atoms with Crippen LogP contribution in [0.25, 0.3) is 0 Å². The largest absolute Gasteiger partial charge is 0.302 e. The molecule has 0 aliphatic carbocycles. The number of nitriles is 1. The zero-order valence-electron chi connectivity index (χ0n) is 10.8. The molecule has 0 atom stereocenters. The second-order valence-electron chi connectivity index (χ2n) is 4.74. The fourth-order valence-corrected chi connectivity index (χ4v) is 1.89. The summed E-state index contributed by atoms with van der Waals surface area (Å²) in [5.74, 6) is 1.49. The fraction of sp³-hybridized carbons (Fsp3) is 0.923. The molecule has 2 nitrogen and oxygen atoms in total. The van der Waals surface area contributed by atoms with Crippen LogP contribution in [0, 0.1) is 23.2 Å². The van der Waals surface area contributed by atoms with Gasteiger partial charge in [0.25, 0.3) is 0 Å². The highest BCUT2D eigenvalue weighted by Crippen LogP contribution is 2.11. The summed E-state index contributed by atoms with van der Waals surface area (Å²) < 4.78 is 0. The predicted octanol–water partition coefficient (Wildman–Crippen LogP) is 3.29. The van der Waals surface area contributed by atoms with Crippen molar-refractivity contribution >= 4 is 0 Å². The fourth-order valence-electron chi connectivity index (χ4n) is 1.89. The quantitative estimate of drug-likeness (QED) is 0.614. The Morgan fingerprint density at radius 2 is 1.73 bits per heavy atom. The molecule has 0 saturated heterocycles. The smallest absolute Gasteiger partial charge is 0.0635 e. The molecule has 0 radical (unpaired) electrons. The van der Waals surface area contributed by atoms with E-state index in [9.17, 15) is 0 Å². The zero-order chi connectivity index (χ0) is 11.7. The van der Waals surface area contributed by atoms with Crippen molar-refractivity contribution in [3.63, 3.8) is 0 Å². The summed E-state index contributed by atoms with van der Waals surface area (Å²) >= 11 is 0. The van der Waals surface area contributed by atoms with Gasteiger partial charge in [-0.05, 0) is 11.8 Å². The molecule has 0 fully saturated rings. The van der Waals surface area contributed by atoms with Crippen LogP contribution in [0.15, 0.2) is 0 Å². The van der Waals surface area contributed by atoms with E-state index in [1.165, 1.54) is 12.8 Å². The average molecular weight is 210 g/mol. The Labute approximate surface area is 95.3 Å². The molecule has 0 amide bonds. The van der Waals surface area contributed by atoms with Crippen LogP contribution in [-0.2, 0) is 0 Å². The summed E-state index contributed by atoms with van der Waals surface area (Å²) in [6.45, 7) is 12.2. The van der Waals surface area contributed by atoms with Crippen LogP contribution in [0.4, 0.5) is 0 Å². The van der Waals surface area contributed by atoms with Crippen molar-refractivity contribution in [2.45, 2.75) is 47.0 Å². The van der Waals surface area contributed by atoms with E-state index in [0.717, 1.165) is 25.6 Å². The Hall–Kier alpha value is -0.550. The molecule has 0 N–H and O–H groups in total. The zero-order valence-corrected chi connectivity index (χ0v) is 10.8. The van der Waals surface area contributed by atoms with Gasteiger partial charge in [0.15, 0.2) is 0 Å². The van der Waals surface area contributed by atoms with Crippen LogP contribution in [0.3, 0.4) is 0 Å². The molecule has 0 bridgehead atoms. The lowest BCUT2D eigenvalue weighted by Gasteiger charge is -2.27. The lowest BCUT2D eigenvalue weighted by molar-refractivity contribution is 0.206. The van der Waals surface area contributed by atoms with E-state index >= 15 is 0 Å². The van der Waals surface area contributed by atoms with Crippen molar-refractivity contribution in [1.29, 1.82) is 5.26 Å². The molecule has 0 unspecified atom stereocenters. The highest BCUT2D eigenvalue weighted by Gasteiger charge is 2.12. The Morgan fingerprint density at radius 1 is 1.13 bits per heavy atom. The van der Waals surface area contributed by atoms with Crippen LogP contribution in [0.1, 0.15) is 47.0 Å². The van der Waals surface area contributed by atoms with Crippen molar-refractivity contribution < 1.29 is 0 Å². The molecular formula is C13H26N2. The molecule has 0 rings (SSSR count).